The van der Waals surface area contributed by atoms with Crippen molar-refractivity contribution in [2.45, 2.75) is 0 Å². The van der Waals surface area contributed by atoms with E-state index in [9.17, 15) is 4.79 Å². The molecule has 74 valence electrons. The fourth-order valence-corrected chi connectivity index (χ4v) is 0.802. The maximum atomic E-state index is 11.4. The number of nitrogens with zero attached hydrogens (tertiary/aromatic N) is 2. The van der Waals surface area contributed by atoms with Crippen molar-refractivity contribution in [2.24, 2.45) is 0 Å². The fraction of sp³-hybridized carbons (Fsp3) is 0.222. The number of carbonyl (C=O) groups excluding carboxylic acids is 1. The Hall–Kier alpha value is -1.91. The molecule has 5 nitrogen and oxygen atoms in total. The predicted molar refractivity (Wildman–Crippen MR) is 53.0 cm³/mol. The van der Waals surface area contributed by atoms with Crippen LogP contribution in [0.25, 0.3) is 0 Å². The lowest BCUT2D eigenvalue weighted by molar-refractivity contribution is -0.461. The first kappa shape index (κ1) is 10.2. The Morgan fingerprint density at radius 3 is 2.64 bits per heavy atom. The summed E-state index contributed by atoms with van der Waals surface area (Å²) in [7, 11) is 3.71. The number of rotatable bonds is 3. The molecule has 0 aromatic carbocycles. The van der Waals surface area contributed by atoms with E-state index in [-0.39, 0.29) is 5.91 Å². The molecule has 0 radical (unpaired) electrons. The molecule has 0 saturated heterocycles. The van der Waals surface area contributed by atoms with Gasteiger partial charge in [0.25, 0.3) is 12.2 Å². The van der Waals surface area contributed by atoms with Crippen LogP contribution in [0.3, 0.4) is 0 Å². The summed E-state index contributed by atoms with van der Waals surface area (Å²) in [6, 6.07) is 3.29. The van der Waals surface area contributed by atoms with Gasteiger partial charge in [-0.2, -0.15) is 10.9 Å². The first-order valence-corrected chi connectivity index (χ1v) is 4.16. The van der Waals surface area contributed by atoms with Crippen molar-refractivity contribution in [3.63, 3.8) is 0 Å². The number of hydrazine groups is 1. The van der Waals surface area contributed by atoms with Crippen LogP contribution in [0, 0.1) is 0 Å². The molecule has 14 heavy (non-hydrogen) atoms. The van der Waals surface area contributed by atoms with E-state index in [1.54, 1.807) is 35.4 Å². The summed E-state index contributed by atoms with van der Waals surface area (Å²) in [5.74, 6) is -0.189. The van der Waals surface area contributed by atoms with Gasteiger partial charge < -0.3 is 0 Å². The predicted octanol–water partition coefficient (Wildman–Crippen LogP) is -0.384. The van der Waals surface area contributed by atoms with Gasteiger partial charge in [-0.1, -0.05) is 0 Å². The molecule has 0 unspecified atom stereocenters. The zero-order valence-electron chi connectivity index (χ0n) is 8.19. The van der Waals surface area contributed by atoms with Gasteiger partial charge in [-0.05, 0) is 12.1 Å². The van der Waals surface area contributed by atoms with Crippen molar-refractivity contribution >= 4 is 12.2 Å². The van der Waals surface area contributed by atoms with Gasteiger partial charge >= 0.3 is 0 Å². The van der Waals surface area contributed by atoms with Gasteiger partial charge in [0.05, 0.1) is 14.1 Å². The van der Waals surface area contributed by atoms with Crippen molar-refractivity contribution in [1.82, 2.24) is 15.8 Å². The van der Waals surface area contributed by atoms with Gasteiger partial charge in [0.15, 0.2) is 0 Å². The maximum Gasteiger partial charge on any atom is 0.286 e. The summed E-state index contributed by atoms with van der Waals surface area (Å²) >= 11 is 0. The lowest BCUT2D eigenvalue weighted by atomic mass is 10.3. The van der Waals surface area contributed by atoms with Crippen molar-refractivity contribution in [3.8, 4) is 0 Å². The number of nitrogens with one attached hydrogen (secondary N) is 2. The van der Waals surface area contributed by atoms with E-state index in [0.717, 1.165) is 0 Å². The van der Waals surface area contributed by atoms with Gasteiger partial charge in [0.2, 0.25) is 0 Å². The molecule has 0 atom stereocenters. The second-order valence-electron chi connectivity index (χ2n) is 2.93. The van der Waals surface area contributed by atoms with E-state index in [1.165, 1.54) is 0 Å². The Labute approximate surface area is 82.4 Å². The lowest BCUT2D eigenvalue weighted by Gasteiger charge is -1.98. The van der Waals surface area contributed by atoms with Crippen LogP contribution in [-0.4, -0.2) is 35.9 Å². The van der Waals surface area contributed by atoms with Crippen molar-refractivity contribution < 1.29 is 9.37 Å². The van der Waals surface area contributed by atoms with E-state index >= 15 is 0 Å². The Morgan fingerprint density at radius 2 is 2.07 bits per heavy atom. The van der Waals surface area contributed by atoms with Crippen molar-refractivity contribution in [1.29, 1.82) is 0 Å². The van der Waals surface area contributed by atoms with Gasteiger partial charge in [-0.3, -0.25) is 14.4 Å². The summed E-state index contributed by atoms with van der Waals surface area (Å²) in [6.07, 6.45) is 4.79. The lowest BCUT2D eigenvalue weighted by Crippen LogP contribution is -2.38. The molecule has 0 aliphatic carbocycles. The molecule has 1 amide bonds. The molecular weight excluding hydrogens is 180 g/mol. The van der Waals surface area contributed by atoms with E-state index in [4.69, 9.17) is 0 Å². The van der Waals surface area contributed by atoms with E-state index in [2.05, 4.69) is 15.8 Å². The highest BCUT2D eigenvalue weighted by atomic mass is 16.2. The third-order valence-corrected chi connectivity index (χ3v) is 1.45. The summed E-state index contributed by atoms with van der Waals surface area (Å²) < 4.78 is 1.78. The first-order chi connectivity index (χ1) is 6.70. The number of hydrogen-bond donors (Lipinski definition) is 2. The molecule has 1 aromatic rings. The van der Waals surface area contributed by atoms with Crippen LogP contribution < -0.4 is 10.9 Å². The number of hydrogen-bond acceptors (Lipinski definition) is 2. The number of amides is 1. The smallest absolute Gasteiger partial charge is 0.272 e. The summed E-state index contributed by atoms with van der Waals surface area (Å²) in [4.78, 5) is 15.2. The minimum atomic E-state index is -0.189. The van der Waals surface area contributed by atoms with Gasteiger partial charge in [-0.25, -0.2) is 0 Å². The fourth-order valence-electron chi connectivity index (χ4n) is 0.802. The van der Waals surface area contributed by atoms with Gasteiger partial charge in [0, 0.05) is 18.0 Å². The Kier molecular flexibility index (Phi) is 3.60. The summed E-state index contributed by atoms with van der Waals surface area (Å²) in [6.45, 7) is 0. The highest BCUT2D eigenvalue weighted by Gasteiger charge is 2.03. The average Bonchev–Trinajstić information content (AvgIpc) is 2.18. The Bertz CT molecular complexity index is 330. The van der Waals surface area contributed by atoms with Crippen molar-refractivity contribution in [2.75, 3.05) is 14.1 Å². The molecule has 0 fully saturated rings. The number of carbonyl (C=O) groups is 1. The SMILES string of the molecule is C[N+](C)=CNNC(=O)c1ccncc1. The molecule has 1 aromatic heterocycles. The van der Waals surface area contributed by atoms with Crippen LogP contribution in [0.15, 0.2) is 24.5 Å². The Balaban J connectivity index is 2.48. The van der Waals surface area contributed by atoms with Crippen LogP contribution in [-0.2, 0) is 0 Å². The minimum Gasteiger partial charge on any atom is -0.272 e. The molecule has 0 aliphatic heterocycles. The molecular formula is C9H13N4O+. The third kappa shape index (κ3) is 3.22. The van der Waals surface area contributed by atoms with Crippen LogP contribution in [0.4, 0.5) is 0 Å². The molecule has 0 spiro atoms. The monoisotopic (exact) mass is 193 g/mol. The standard InChI is InChI=1S/C9H12N4O/c1-13(2)7-11-12-9(14)8-3-5-10-6-4-8/h3-7H,1-2H3,(H,12,14)/p+1. The zero-order valence-corrected chi connectivity index (χ0v) is 8.19. The molecule has 2 N–H and O–H groups in total. The van der Waals surface area contributed by atoms with Gasteiger partial charge in [0.1, 0.15) is 0 Å². The van der Waals surface area contributed by atoms with Gasteiger partial charge in [-0.15, -0.1) is 0 Å². The second-order valence-corrected chi connectivity index (χ2v) is 2.93. The van der Waals surface area contributed by atoms with Crippen LogP contribution in [0.5, 0.6) is 0 Å². The Morgan fingerprint density at radius 1 is 1.43 bits per heavy atom. The number of aromatic nitrogens is 1. The summed E-state index contributed by atoms with van der Waals surface area (Å²) in [5, 5.41) is 0. The first-order valence-electron chi connectivity index (χ1n) is 4.16. The quantitative estimate of drug-likeness (QED) is 0.298. The highest BCUT2D eigenvalue weighted by molar-refractivity contribution is 5.94. The van der Waals surface area contributed by atoms with E-state index in [0.29, 0.717) is 5.56 Å². The van der Waals surface area contributed by atoms with Crippen LogP contribution in [0.2, 0.25) is 0 Å². The second kappa shape index (κ2) is 4.96. The molecule has 5 heteroatoms. The normalized spacial score (nSPS) is 9.00. The maximum absolute atomic E-state index is 11.4. The van der Waals surface area contributed by atoms with E-state index < -0.39 is 0 Å². The third-order valence-electron chi connectivity index (χ3n) is 1.45. The largest absolute Gasteiger partial charge is 0.286 e. The molecule has 1 rings (SSSR count). The molecule has 0 bridgehead atoms. The molecule has 0 aliphatic rings. The van der Waals surface area contributed by atoms with E-state index in [1.807, 2.05) is 14.1 Å². The molecule has 0 saturated carbocycles. The van der Waals surface area contributed by atoms with Crippen LogP contribution >= 0.6 is 0 Å². The topological polar surface area (TPSA) is 57.0 Å². The van der Waals surface area contributed by atoms with Crippen LogP contribution in [0.1, 0.15) is 10.4 Å². The van der Waals surface area contributed by atoms with Crippen molar-refractivity contribution in [3.05, 3.63) is 30.1 Å². The highest BCUT2D eigenvalue weighted by Crippen LogP contribution is 1.93. The average molecular weight is 193 g/mol. The zero-order chi connectivity index (χ0) is 10.4. The minimum absolute atomic E-state index is 0.189. The molecule has 1 heterocycles. The summed E-state index contributed by atoms with van der Waals surface area (Å²) in [5.41, 5.74) is 5.75. The number of pyridine rings is 1.